The lowest BCUT2D eigenvalue weighted by molar-refractivity contribution is -0.383. The Morgan fingerprint density at radius 2 is 1.72 bits per heavy atom. The van der Waals surface area contributed by atoms with Crippen LogP contribution >= 0.6 is 0 Å². The first kappa shape index (κ1) is 15.6. The van der Waals surface area contributed by atoms with E-state index in [4.69, 9.17) is 4.74 Å². The van der Waals surface area contributed by atoms with Gasteiger partial charge in [0.05, 0.1) is 16.9 Å². The van der Waals surface area contributed by atoms with Crippen molar-refractivity contribution in [3.63, 3.8) is 0 Å². The Bertz CT molecular complexity index is 900. The highest BCUT2D eigenvalue weighted by atomic mass is 16.6. The fourth-order valence-electron chi connectivity index (χ4n) is 2.77. The number of rotatable bonds is 5. The van der Waals surface area contributed by atoms with Crippen LogP contribution in [0.15, 0.2) is 30.3 Å². The molecule has 2 aromatic rings. The first-order chi connectivity index (χ1) is 12.0. The smallest absolute Gasteiger partial charge is 0.314 e. The quantitative estimate of drug-likeness (QED) is 0.389. The summed E-state index contributed by atoms with van der Waals surface area (Å²) < 4.78 is 5.41. The molecule has 2 aliphatic rings. The number of hydrogen-bond acceptors (Lipinski definition) is 5. The van der Waals surface area contributed by atoms with Gasteiger partial charge in [0.2, 0.25) is 5.91 Å². The summed E-state index contributed by atoms with van der Waals surface area (Å²) in [4.78, 5) is 35.1. The fraction of sp³-hybridized carbons (Fsp3) is 0.333. The topological polar surface area (TPSA) is 98.5 Å². The average molecular weight is 340 g/mol. The molecule has 25 heavy (non-hydrogen) atoms. The molecule has 4 rings (SSSR count). The molecule has 0 aliphatic heterocycles. The van der Waals surface area contributed by atoms with E-state index in [1.165, 1.54) is 6.07 Å². The van der Waals surface area contributed by atoms with Crippen molar-refractivity contribution in [2.75, 3.05) is 5.32 Å². The minimum atomic E-state index is -0.566. The van der Waals surface area contributed by atoms with Gasteiger partial charge in [-0.25, -0.2) is 0 Å². The summed E-state index contributed by atoms with van der Waals surface area (Å²) in [5.41, 5.74) is -0.116. The molecule has 1 amide bonds. The van der Waals surface area contributed by atoms with E-state index < -0.39 is 4.92 Å². The zero-order chi connectivity index (χ0) is 17.6. The first-order valence-electron chi connectivity index (χ1n) is 8.27. The van der Waals surface area contributed by atoms with Crippen molar-refractivity contribution in [2.24, 2.45) is 11.8 Å². The van der Waals surface area contributed by atoms with Crippen molar-refractivity contribution < 1.29 is 19.2 Å². The molecule has 0 spiro atoms. The first-order valence-corrected chi connectivity index (χ1v) is 8.27. The highest BCUT2D eigenvalue weighted by Gasteiger charge is 2.34. The van der Waals surface area contributed by atoms with Gasteiger partial charge in [0.1, 0.15) is 11.4 Å². The predicted octanol–water partition coefficient (Wildman–Crippen LogP) is 3.41. The minimum Gasteiger partial charge on any atom is -0.425 e. The number of nitro groups is 1. The number of esters is 1. The number of carbonyl (C=O) groups excluding carboxylic acids is 2. The van der Waals surface area contributed by atoms with Crippen molar-refractivity contribution in [1.29, 1.82) is 0 Å². The fourth-order valence-corrected chi connectivity index (χ4v) is 2.77. The Kier molecular flexibility index (Phi) is 3.63. The maximum absolute atomic E-state index is 12.1. The average Bonchev–Trinajstić information content (AvgIpc) is 3.49. The second kappa shape index (κ2) is 5.84. The van der Waals surface area contributed by atoms with E-state index in [0.29, 0.717) is 10.8 Å². The van der Waals surface area contributed by atoms with Crippen LogP contribution in [0.5, 0.6) is 5.75 Å². The molecule has 2 aromatic carbocycles. The second-order valence-corrected chi connectivity index (χ2v) is 6.53. The molecule has 7 nitrogen and oxygen atoms in total. The summed E-state index contributed by atoms with van der Waals surface area (Å²) in [6.45, 7) is 0. The van der Waals surface area contributed by atoms with Gasteiger partial charge in [-0.3, -0.25) is 19.7 Å². The molecule has 7 heteroatoms. The number of ether oxygens (including phenoxy) is 1. The zero-order valence-electron chi connectivity index (χ0n) is 13.4. The second-order valence-electron chi connectivity index (χ2n) is 6.53. The van der Waals surface area contributed by atoms with Gasteiger partial charge in [-0.2, -0.15) is 0 Å². The highest BCUT2D eigenvalue weighted by molar-refractivity contribution is 6.09. The molecule has 0 bridgehead atoms. The number of fused-ring (bicyclic) bond motifs is 1. The van der Waals surface area contributed by atoms with E-state index in [1.807, 2.05) is 0 Å². The number of nitrogens with one attached hydrogen (secondary N) is 1. The third-order valence-corrected chi connectivity index (χ3v) is 4.50. The predicted molar refractivity (Wildman–Crippen MR) is 90.3 cm³/mol. The van der Waals surface area contributed by atoms with Crippen molar-refractivity contribution >= 4 is 34.0 Å². The van der Waals surface area contributed by atoms with Gasteiger partial charge < -0.3 is 10.1 Å². The van der Waals surface area contributed by atoms with Crippen LogP contribution in [0.1, 0.15) is 25.7 Å². The Hall–Kier alpha value is -2.96. The van der Waals surface area contributed by atoms with Crippen LogP contribution in [0.3, 0.4) is 0 Å². The number of amides is 1. The largest absolute Gasteiger partial charge is 0.425 e. The third kappa shape index (κ3) is 3.05. The molecule has 2 fully saturated rings. The van der Waals surface area contributed by atoms with E-state index in [0.717, 1.165) is 25.7 Å². The lowest BCUT2D eigenvalue weighted by Crippen LogP contribution is -2.15. The van der Waals surface area contributed by atoms with Crippen LogP contribution in [0.2, 0.25) is 0 Å². The number of nitrogens with zero attached hydrogens (tertiary/aromatic N) is 1. The summed E-state index contributed by atoms with van der Waals surface area (Å²) >= 11 is 0. The van der Waals surface area contributed by atoms with Gasteiger partial charge in [-0.05, 0) is 25.7 Å². The van der Waals surface area contributed by atoms with E-state index >= 15 is 0 Å². The van der Waals surface area contributed by atoms with Crippen LogP contribution in [0.25, 0.3) is 10.8 Å². The molecule has 0 aromatic heterocycles. The molecular weight excluding hydrogens is 324 g/mol. The standard InChI is InChI=1S/C18H16N2O5/c21-17(10-5-6-10)19-16-13-4-2-1-3-12(13)15(9-14(16)20(23)24)25-18(22)11-7-8-11/h1-4,9-11H,5-8H2,(H,19,21). The Morgan fingerprint density at radius 1 is 1.08 bits per heavy atom. The van der Waals surface area contributed by atoms with Gasteiger partial charge in [0.25, 0.3) is 5.69 Å². The molecule has 128 valence electrons. The molecule has 0 atom stereocenters. The van der Waals surface area contributed by atoms with Gasteiger partial charge in [-0.1, -0.05) is 24.3 Å². The van der Waals surface area contributed by atoms with Crippen molar-refractivity contribution in [3.05, 3.63) is 40.4 Å². The Balaban J connectivity index is 1.82. The number of benzene rings is 2. The normalized spacial score (nSPS) is 16.5. The molecule has 0 saturated heterocycles. The van der Waals surface area contributed by atoms with Crippen LogP contribution < -0.4 is 10.1 Å². The van der Waals surface area contributed by atoms with Gasteiger partial charge >= 0.3 is 5.97 Å². The maximum Gasteiger partial charge on any atom is 0.314 e. The van der Waals surface area contributed by atoms with Gasteiger partial charge in [0.15, 0.2) is 0 Å². The minimum absolute atomic E-state index is 0.0780. The summed E-state index contributed by atoms with van der Waals surface area (Å²) in [5, 5.41) is 15.3. The lowest BCUT2D eigenvalue weighted by Gasteiger charge is -2.13. The lowest BCUT2D eigenvalue weighted by atomic mass is 10.1. The van der Waals surface area contributed by atoms with E-state index in [-0.39, 0.29) is 40.8 Å². The number of hydrogen-bond donors (Lipinski definition) is 1. The summed E-state index contributed by atoms with van der Waals surface area (Å²) in [6, 6.07) is 8.12. The zero-order valence-corrected chi connectivity index (χ0v) is 13.4. The maximum atomic E-state index is 12.1. The summed E-state index contributed by atoms with van der Waals surface area (Å²) in [5.74, 6) is -0.619. The molecular formula is C18H16N2O5. The van der Waals surface area contributed by atoms with Gasteiger partial charge in [-0.15, -0.1) is 0 Å². The third-order valence-electron chi connectivity index (χ3n) is 4.50. The molecule has 0 radical (unpaired) electrons. The van der Waals surface area contributed by atoms with Crippen LogP contribution in [0.4, 0.5) is 11.4 Å². The van der Waals surface area contributed by atoms with E-state index in [1.54, 1.807) is 24.3 Å². The SMILES string of the molecule is O=C(Nc1c([N+](=O)[O-])cc(OC(=O)C2CC2)c2ccccc12)C1CC1. The summed E-state index contributed by atoms with van der Waals surface area (Å²) in [7, 11) is 0. The van der Waals surface area contributed by atoms with E-state index in [9.17, 15) is 19.7 Å². The number of nitro benzene ring substituents is 1. The molecule has 0 heterocycles. The Labute approximate surface area is 143 Å². The molecule has 1 N–H and O–H groups in total. The Morgan fingerprint density at radius 3 is 2.32 bits per heavy atom. The van der Waals surface area contributed by atoms with Crippen LogP contribution in [0, 0.1) is 22.0 Å². The molecule has 0 unspecified atom stereocenters. The number of anilines is 1. The van der Waals surface area contributed by atoms with Gasteiger partial charge in [0, 0.05) is 16.7 Å². The van der Waals surface area contributed by atoms with Crippen molar-refractivity contribution in [2.45, 2.75) is 25.7 Å². The number of carbonyl (C=O) groups is 2. The molecule has 2 saturated carbocycles. The van der Waals surface area contributed by atoms with Crippen LogP contribution in [-0.2, 0) is 9.59 Å². The van der Waals surface area contributed by atoms with Crippen LogP contribution in [-0.4, -0.2) is 16.8 Å². The molecule has 2 aliphatic carbocycles. The summed E-state index contributed by atoms with van der Waals surface area (Å²) in [6.07, 6.45) is 3.17. The highest BCUT2D eigenvalue weighted by Crippen LogP contribution is 2.42. The van der Waals surface area contributed by atoms with Crippen molar-refractivity contribution in [3.8, 4) is 5.75 Å². The van der Waals surface area contributed by atoms with E-state index in [2.05, 4.69) is 5.32 Å². The monoisotopic (exact) mass is 340 g/mol. The van der Waals surface area contributed by atoms with Crippen molar-refractivity contribution in [1.82, 2.24) is 0 Å².